The first-order chi connectivity index (χ1) is 11.1. The van der Waals surface area contributed by atoms with Crippen molar-refractivity contribution in [1.29, 1.82) is 0 Å². The molecule has 1 aromatic heterocycles. The van der Waals surface area contributed by atoms with E-state index in [-0.39, 0.29) is 16.7 Å². The molecule has 0 spiro atoms. The van der Waals surface area contributed by atoms with Crippen LogP contribution in [0.5, 0.6) is 5.75 Å². The van der Waals surface area contributed by atoms with E-state index < -0.39 is 11.1 Å². The van der Waals surface area contributed by atoms with Gasteiger partial charge in [0.1, 0.15) is 5.75 Å². The fraction of sp³-hybridized carbons (Fsp3) is 0.0625. The van der Waals surface area contributed by atoms with Crippen molar-refractivity contribution in [2.45, 2.75) is 0 Å². The Morgan fingerprint density at radius 3 is 2.43 bits per heavy atom. The third-order valence-electron chi connectivity index (χ3n) is 3.41. The summed E-state index contributed by atoms with van der Waals surface area (Å²) < 4.78 is 5.15. The maximum Gasteiger partial charge on any atom is 0.270 e. The normalized spacial score (nSPS) is 10.5. The number of aromatic amines is 2. The van der Waals surface area contributed by atoms with Crippen LogP contribution in [0, 0.1) is 0 Å². The molecule has 0 aliphatic heterocycles. The van der Waals surface area contributed by atoms with Crippen LogP contribution < -0.4 is 21.2 Å². The van der Waals surface area contributed by atoms with Gasteiger partial charge in [0.15, 0.2) is 0 Å². The Hall–Kier alpha value is -3.35. The zero-order valence-corrected chi connectivity index (χ0v) is 12.2. The highest BCUT2D eigenvalue weighted by molar-refractivity contribution is 6.06. The van der Waals surface area contributed by atoms with E-state index in [1.54, 1.807) is 30.3 Å². The monoisotopic (exact) mass is 311 g/mol. The molecule has 1 heterocycles. The molecule has 1 amide bonds. The molecule has 0 radical (unpaired) electrons. The van der Waals surface area contributed by atoms with Crippen LogP contribution in [0.1, 0.15) is 10.4 Å². The molecule has 0 saturated heterocycles. The van der Waals surface area contributed by atoms with Gasteiger partial charge >= 0.3 is 0 Å². The minimum Gasteiger partial charge on any atom is -0.496 e. The second-order valence-corrected chi connectivity index (χ2v) is 4.82. The lowest BCUT2D eigenvalue weighted by atomic mass is 10.1. The molecule has 3 N–H and O–H groups in total. The number of hydrogen-bond acceptors (Lipinski definition) is 4. The third kappa shape index (κ3) is 2.71. The highest BCUT2D eigenvalue weighted by Gasteiger charge is 2.12. The highest BCUT2D eigenvalue weighted by atomic mass is 16.5. The van der Waals surface area contributed by atoms with Gasteiger partial charge in [-0.25, -0.2) is 0 Å². The van der Waals surface area contributed by atoms with Crippen LogP contribution in [-0.4, -0.2) is 23.2 Å². The summed E-state index contributed by atoms with van der Waals surface area (Å²) in [5.41, 5.74) is -0.0605. The number of carbonyl (C=O) groups is 1. The molecule has 0 atom stereocenters. The first-order valence-corrected chi connectivity index (χ1v) is 6.79. The van der Waals surface area contributed by atoms with Crippen LogP contribution >= 0.6 is 0 Å². The summed E-state index contributed by atoms with van der Waals surface area (Å²) in [4.78, 5) is 35.8. The standard InChI is InChI=1S/C16H13N3O4/c1-23-13-5-3-2-4-11(13)14(20)17-9-6-7-10-12(8-9)16(22)19-18-15(10)21/h2-8H,1H3,(H,17,20)(H,18,21)(H,19,22). The predicted molar refractivity (Wildman–Crippen MR) is 86.1 cm³/mol. The molecular weight excluding hydrogens is 298 g/mol. The zero-order chi connectivity index (χ0) is 16.4. The average molecular weight is 311 g/mol. The molecule has 0 aliphatic carbocycles. The van der Waals surface area contributed by atoms with E-state index in [9.17, 15) is 14.4 Å². The van der Waals surface area contributed by atoms with E-state index >= 15 is 0 Å². The Bertz CT molecular complexity index is 1000. The van der Waals surface area contributed by atoms with Crippen LogP contribution in [0.2, 0.25) is 0 Å². The molecule has 3 rings (SSSR count). The Kier molecular flexibility index (Phi) is 3.68. The maximum absolute atomic E-state index is 12.3. The van der Waals surface area contributed by atoms with E-state index in [4.69, 9.17) is 4.74 Å². The SMILES string of the molecule is COc1ccccc1C(=O)Nc1ccc2c(=O)[nH][nH]c(=O)c2c1. The molecule has 0 bridgehead atoms. The lowest BCUT2D eigenvalue weighted by molar-refractivity contribution is 0.102. The minimum absolute atomic E-state index is 0.201. The Labute approximate surface area is 129 Å². The van der Waals surface area contributed by atoms with Crippen LogP contribution in [0.25, 0.3) is 10.8 Å². The van der Waals surface area contributed by atoms with Crippen molar-refractivity contribution in [2.75, 3.05) is 12.4 Å². The lowest BCUT2D eigenvalue weighted by Gasteiger charge is -2.09. The first-order valence-electron chi connectivity index (χ1n) is 6.79. The van der Waals surface area contributed by atoms with Crippen molar-refractivity contribution in [2.24, 2.45) is 0 Å². The van der Waals surface area contributed by atoms with Crippen LogP contribution in [0.15, 0.2) is 52.1 Å². The van der Waals surface area contributed by atoms with E-state index in [1.165, 1.54) is 19.2 Å². The number of methoxy groups -OCH3 is 1. The number of rotatable bonds is 3. The second-order valence-electron chi connectivity index (χ2n) is 4.82. The number of H-pyrrole nitrogens is 2. The number of fused-ring (bicyclic) bond motifs is 1. The fourth-order valence-electron chi connectivity index (χ4n) is 2.29. The molecule has 0 fully saturated rings. The molecular formula is C16H13N3O4. The van der Waals surface area contributed by atoms with Crippen molar-refractivity contribution in [3.8, 4) is 5.75 Å². The number of aromatic nitrogens is 2. The van der Waals surface area contributed by atoms with E-state index in [0.717, 1.165) is 0 Å². The van der Waals surface area contributed by atoms with Crippen molar-refractivity contribution < 1.29 is 9.53 Å². The molecule has 2 aromatic carbocycles. The molecule has 3 aromatic rings. The van der Waals surface area contributed by atoms with Gasteiger partial charge in [0, 0.05) is 5.69 Å². The van der Waals surface area contributed by atoms with Crippen LogP contribution in [0.3, 0.4) is 0 Å². The number of nitrogens with one attached hydrogen (secondary N) is 3. The summed E-state index contributed by atoms with van der Waals surface area (Å²) in [7, 11) is 1.48. The second kappa shape index (κ2) is 5.80. The van der Waals surface area contributed by atoms with E-state index in [2.05, 4.69) is 15.5 Å². The average Bonchev–Trinajstić information content (AvgIpc) is 2.58. The molecule has 0 saturated carbocycles. The first kappa shape index (κ1) is 14.6. The number of amides is 1. The van der Waals surface area contributed by atoms with E-state index in [0.29, 0.717) is 17.0 Å². The molecule has 0 unspecified atom stereocenters. The fourth-order valence-corrected chi connectivity index (χ4v) is 2.29. The summed E-state index contributed by atoms with van der Waals surface area (Å²) in [6.45, 7) is 0. The topological polar surface area (TPSA) is 104 Å². The van der Waals surface area contributed by atoms with Crippen molar-refractivity contribution in [1.82, 2.24) is 10.2 Å². The number of benzene rings is 2. The van der Waals surface area contributed by atoms with Crippen molar-refractivity contribution >= 4 is 22.4 Å². The molecule has 0 aliphatic rings. The number of para-hydroxylation sites is 1. The quantitative estimate of drug-likeness (QED) is 0.681. The van der Waals surface area contributed by atoms with Crippen LogP contribution in [0.4, 0.5) is 5.69 Å². The van der Waals surface area contributed by atoms with Gasteiger partial charge in [0.05, 0.1) is 23.4 Å². The van der Waals surface area contributed by atoms with Gasteiger partial charge < -0.3 is 10.1 Å². The van der Waals surface area contributed by atoms with Gasteiger partial charge in [-0.3, -0.25) is 24.6 Å². The molecule has 23 heavy (non-hydrogen) atoms. The van der Waals surface area contributed by atoms with Gasteiger partial charge in [-0.2, -0.15) is 0 Å². The zero-order valence-electron chi connectivity index (χ0n) is 12.2. The van der Waals surface area contributed by atoms with Gasteiger partial charge in [-0.1, -0.05) is 12.1 Å². The number of ether oxygens (including phenoxy) is 1. The Morgan fingerprint density at radius 1 is 1.00 bits per heavy atom. The Morgan fingerprint density at radius 2 is 1.70 bits per heavy atom. The van der Waals surface area contributed by atoms with Gasteiger partial charge in [-0.15, -0.1) is 0 Å². The third-order valence-corrected chi connectivity index (χ3v) is 3.41. The van der Waals surface area contributed by atoms with Crippen molar-refractivity contribution in [3.63, 3.8) is 0 Å². The van der Waals surface area contributed by atoms with Gasteiger partial charge in [0.2, 0.25) is 0 Å². The summed E-state index contributed by atoms with van der Waals surface area (Å²) in [6, 6.07) is 11.3. The Balaban J connectivity index is 1.99. The summed E-state index contributed by atoms with van der Waals surface area (Å²) >= 11 is 0. The summed E-state index contributed by atoms with van der Waals surface area (Å²) in [6.07, 6.45) is 0. The number of carbonyl (C=O) groups excluding carboxylic acids is 1. The smallest absolute Gasteiger partial charge is 0.270 e. The molecule has 116 valence electrons. The summed E-state index contributed by atoms with van der Waals surface area (Å²) in [5, 5.41) is 7.64. The largest absolute Gasteiger partial charge is 0.496 e. The maximum atomic E-state index is 12.3. The van der Waals surface area contributed by atoms with Gasteiger partial charge in [0.25, 0.3) is 17.0 Å². The van der Waals surface area contributed by atoms with Gasteiger partial charge in [-0.05, 0) is 30.3 Å². The summed E-state index contributed by atoms with van der Waals surface area (Å²) in [5.74, 6) is 0.0724. The minimum atomic E-state index is -0.437. The number of anilines is 1. The van der Waals surface area contributed by atoms with E-state index in [1.807, 2.05) is 0 Å². The van der Waals surface area contributed by atoms with Crippen molar-refractivity contribution in [3.05, 3.63) is 68.7 Å². The number of hydrogen-bond donors (Lipinski definition) is 3. The lowest BCUT2D eigenvalue weighted by Crippen LogP contribution is -2.19. The highest BCUT2D eigenvalue weighted by Crippen LogP contribution is 2.20. The van der Waals surface area contributed by atoms with Crippen LogP contribution in [-0.2, 0) is 0 Å². The molecule has 7 nitrogen and oxygen atoms in total. The molecule has 7 heteroatoms. The predicted octanol–water partition coefficient (Wildman–Crippen LogP) is 1.48.